The zero-order valence-electron chi connectivity index (χ0n) is 26.5. The van der Waals surface area contributed by atoms with Gasteiger partial charge in [0.05, 0.1) is 5.56 Å². The number of hydrogen-bond donors (Lipinski definition) is 0. The van der Waals surface area contributed by atoms with Gasteiger partial charge < -0.3 is 9.47 Å². The van der Waals surface area contributed by atoms with Gasteiger partial charge in [-0.05, 0) is 24.3 Å². The lowest BCUT2D eigenvalue weighted by Gasteiger charge is -2.22. The van der Waals surface area contributed by atoms with Crippen molar-refractivity contribution < 1.29 is 9.47 Å². The number of rotatable bonds is 6. The third-order valence-electron chi connectivity index (χ3n) is 8.27. The molecule has 0 amide bonds. The molecular weight excluding hydrogens is 621 g/mol. The van der Waals surface area contributed by atoms with Gasteiger partial charge in [0.15, 0.2) is 57.9 Å². The van der Waals surface area contributed by atoms with E-state index in [9.17, 15) is 0 Å². The second-order valence-corrected chi connectivity index (χ2v) is 11.6. The third-order valence-corrected chi connectivity index (χ3v) is 8.27. The predicted octanol–water partition coefficient (Wildman–Crippen LogP) is 9.96. The normalized spacial score (nSPS) is 11.5. The first kappa shape index (κ1) is 29.1. The summed E-state index contributed by atoms with van der Waals surface area (Å²) in [6.45, 7) is 0. The van der Waals surface area contributed by atoms with Crippen LogP contribution in [-0.4, -0.2) is 29.9 Å². The Morgan fingerprint density at radius 3 is 1.04 bits per heavy atom. The molecule has 0 fully saturated rings. The van der Waals surface area contributed by atoms with Crippen LogP contribution in [0.3, 0.4) is 0 Å². The minimum Gasteiger partial charge on any atom is -0.449 e. The Morgan fingerprint density at radius 1 is 0.260 bits per heavy atom. The van der Waals surface area contributed by atoms with E-state index in [1.807, 2.05) is 158 Å². The van der Waals surface area contributed by atoms with Gasteiger partial charge in [0.2, 0.25) is 0 Å². The topological polar surface area (TPSA) is 95.8 Å². The zero-order valence-corrected chi connectivity index (χ0v) is 26.5. The number of ether oxygens (including phenoxy) is 2. The maximum absolute atomic E-state index is 6.36. The molecule has 1 aliphatic rings. The molecule has 3 heterocycles. The zero-order chi connectivity index (χ0) is 33.3. The Morgan fingerprint density at radius 2 is 0.600 bits per heavy atom. The molecule has 236 valence electrons. The van der Waals surface area contributed by atoms with Gasteiger partial charge in [-0.15, -0.1) is 0 Å². The van der Waals surface area contributed by atoms with Gasteiger partial charge in [0.1, 0.15) is 0 Å². The number of hydrogen-bond acceptors (Lipinski definition) is 8. The summed E-state index contributed by atoms with van der Waals surface area (Å²) in [5.41, 5.74) is 5.04. The maximum Gasteiger partial charge on any atom is 0.181 e. The van der Waals surface area contributed by atoms with Crippen molar-refractivity contribution in [2.75, 3.05) is 0 Å². The summed E-state index contributed by atoms with van der Waals surface area (Å²) in [6.07, 6.45) is 0. The number of benzene rings is 6. The second-order valence-electron chi connectivity index (χ2n) is 11.6. The summed E-state index contributed by atoms with van der Waals surface area (Å²) in [5.74, 6) is 5.73. The maximum atomic E-state index is 6.36. The average Bonchev–Trinajstić information content (AvgIpc) is 3.20. The molecule has 0 N–H and O–H groups in total. The van der Waals surface area contributed by atoms with Crippen molar-refractivity contribution in [3.63, 3.8) is 0 Å². The van der Waals surface area contributed by atoms with Crippen LogP contribution in [0.4, 0.5) is 0 Å². The van der Waals surface area contributed by atoms with Gasteiger partial charge >= 0.3 is 0 Å². The van der Waals surface area contributed by atoms with E-state index in [2.05, 4.69) is 0 Å². The van der Waals surface area contributed by atoms with Crippen LogP contribution in [0, 0.1) is 0 Å². The molecule has 0 atom stereocenters. The van der Waals surface area contributed by atoms with E-state index in [0.717, 1.165) is 27.8 Å². The molecule has 8 heteroatoms. The molecule has 8 aromatic rings. The lowest BCUT2D eigenvalue weighted by Crippen LogP contribution is -2.04. The molecule has 0 aliphatic carbocycles. The number of para-hydroxylation sites is 3. The molecule has 50 heavy (non-hydrogen) atoms. The first-order valence-electron chi connectivity index (χ1n) is 16.1. The molecular formula is C42H26N6O2. The van der Waals surface area contributed by atoms with E-state index >= 15 is 0 Å². The first-order chi connectivity index (χ1) is 24.7. The van der Waals surface area contributed by atoms with Crippen molar-refractivity contribution in [1.29, 1.82) is 0 Å². The van der Waals surface area contributed by atoms with Crippen LogP contribution in [0.25, 0.3) is 68.3 Å². The third kappa shape index (κ3) is 5.61. The van der Waals surface area contributed by atoms with Gasteiger partial charge in [0, 0.05) is 27.8 Å². The quantitative estimate of drug-likeness (QED) is 0.176. The smallest absolute Gasteiger partial charge is 0.181 e. The Labute approximate surface area is 287 Å². The van der Waals surface area contributed by atoms with Crippen molar-refractivity contribution in [2.24, 2.45) is 0 Å². The SMILES string of the molecule is c1ccc(-c2nc(-c3ccccc3)nc(-c3ccc(-c4nc(-c5ccccc5)nc(-c5cccc6c5Oc5ccccc5O6)n4)cc3)n2)cc1. The van der Waals surface area contributed by atoms with Crippen molar-refractivity contribution in [3.8, 4) is 91.3 Å². The molecule has 0 bridgehead atoms. The summed E-state index contributed by atoms with van der Waals surface area (Å²) in [7, 11) is 0. The molecule has 0 spiro atoms. The first-order valence-corrected chi connectivity index (χ1v) is 16.1. The van der Waals surface area contributed by atoms with Gasteiger partial charge in [-0.1, -0.05) is 133 Å². The minimum atomic E-state index is 0.468. The molecule has 8 nitrogen and oxygen atoms in total. The standard InChI is InChI=1S/C42H26N6O2/c1-4-13-27(14-5-1)37-43-38(28-15-6-2-7-16-28)45-40(44-37)30-23-25-31(26-24-30)41-46-39(29-17-8-3-9-18-29)47-42(48-41)32-19-12-22-35-36(32)50-34-21-11-10-20-33(34)49-35/h1-26H. The van der Waals surface area contributed by atoms with Gasteiger partial charge in [0.25, 0.3) is 0 Å². The van der Waals surface area contributed by atoms with Crippen molar-refractivity contribution in [3.05, 3.63) is 158 Å². The van der Waals surface area contributed by atoms with Gasteiger partial charge in [-0.2, -0.15) is 0 Å². The fourth-order valence-corrected chi connectivity index (χ4v) is 5.77. The Bertz CT molecular complexity index is 2420. The van der Waals surface area contributed by atoms with E-state index in [1.54, 1.807) is 0 Å². The Balaban J connectivity index is 1.13. The van der Waals surface area contributed by atoms with Crippen LogP contribution in [0.2, 0.25) is 0 Å². The highest BCUT2D eigenvalue weighted by Crippen LogP contribution is 2.49. The lowest BCUT2D eigenvalue weighted by atomic mass is 10.1. The fourth-order valence-electron chi connectivity index (χ4n) is 5.77. The van der Waals surface area contributed by atoms with E-state index in [0.29, 0.717) is 63.5 Å². The Kier molecular flexibility index (Phi) is 7.29. The highest BCUT2D eigenvalue weighted by atomic mass is 16.6. The summed E-state index contributed by atoms with van der Waals surface area (Å²) in [4.78, 5) is 29.4. The van der Waals surface area contributed by atoms with Crippen LogP contribution < -0.4 is 9.47 Å². The van der Waals surface area contributed by atoms with Crippen molar-refractivity contribution in [2.45, 2.75) is 0 Å². The van der Waals surface area contributed by atoms with Crippen molar-refractivity contribution in [1.82, 2.24) is 29.9 Å². The summed E-state index contributed by atoms with van der Waals surface area (Å²) in [5, 5.41) is 0. The van der Waals surface area contributed by atoms with Crippen LogP contribution in [0.15, 0.2) is 158 Å². The summed E-state index contributed by atoms with van der Waals surface area (Å²) < 4.78 is 12.5. The van der Waals surface area contributed by atoms with E-state index in [4.69, 9.17) is 39.4 Å². The average molecular weight is 647 g/mol. The summed E-state index contributed by atoms with van der Waals surface area (Å²) >= 11 is 0. The molecule has 0 saturated carbocycles. The Hall–Kier alpha value is -7.06. The predicted molar refractivity (Wildman–Crippen MR) is 192 cm³/mol. The van der Waals surface area contributed by atoms with Crippen LogP contribution >= 0.6 is 0 Å². The van der Waals surface area contributed by atoms with Crippen LogP contribution in [0.5, 0.6) is 23.0 Å². The highest BCUT2D eigenvalue weighted by Gasteiger charge is 2.24. The summed E-state index contributed by atoms with van der Waals surface area (Å²) in [6, 6.07) is 51.0. The highest BCUT2D eigenvalue weighted by molar-refractivity contribution is 5.75. The van der Waals surface area contributed by atoms with Gasteiger partial charge in [-0.3, -0.25) is 0 Å². The minimum absolute atomic E-state index is 0.468. The molecule has 9 rings (SSSR count). The van der Waals surface area contributed by atoms with E-state index in [1.165, 1.54) is 0 Å². The molecule has 0 unspecified atom stereocenters. The number of nitrogens with zero attached hydrogens (tertiary/aromatic N) is 6. The molecule has 0 saturated heterocycles. The molecule has 2 aromatic heterocycles. The fraction of sp³-hybridized carbons (Fsp3) is 0. The van der Waals surface area contributed by atoms with Crippen LogP contribution in [-0.2, 0) is 0 Å². The van der Waals surface area contributed by atoms with E-state index < -0.39 is 0 Å². The van der Waals surface area contributed by atoms with Crippen molar-refractivity contribution >= 4 is 0 Å². The number of aromatic nitrogens is 6. The second kappa shape index (κ2) is 12.5. The largest absolute Gasteiger partial charge is 0.449 e. The lowest BCUT2D eigenvalue weighted by molar-refractivity contribution is 0.360. The van der Waals surface area contributed by atoms with Crippen LogP contribution in [0.1, 0.15) is 0 Å². The number of fused-ring (bicyclic) bond motifs is 2. The molecule has 1 aliphatic heterocycles. The monoisotopic (exact) mass is 646 g/mol. The molecule has 0 radical (unpaired) electrons. The van der Waals surface area contributed by atoms with Gasteiger partial charge in [-0.25, -0.2) is 29.9 Å². The van der Waals surface area contributed by atoms with E-state index in [-0.39, 0.29) is 0 Å². The molecule has 6 aromatic carbocycles.